The highest BCUT2D eigenvalue weighted by molar-refractivity contribution is 7.17. The van der Waals surface area contributed by atoms with Crippen LogP contribution in [-0.4, -0.2) is 28.5 Å². The zero-order valence-electron chi connectivity index (χ0n) is 15.9. The summed E-state index contributed by atoms with van der Waals surface area (Å²) in [6.07, 6.45) is 2.42. The van der Waals surface area contributed by atoms with E-state index in [0.717, 1.165) is 31.4 Å². The van der Waals surface area contributed by atoms with Crippen molar-refractivity contribution in [2.75, 3.05) is 6.54 Å². The van der Waals surface area contributed by atoms with Gasteiger partial charge in [0, 0.05) is 30.5 Å². The number of aromatic nitrogens is 2. The van der Waals surface area contributed by atoms with Crippen molar-refractivity contribution in [3.63, 3.8) is 0 Å². The van der Waals surface area contributed by atoms with Crippen molar-refractivity contribution in [3.8, 4) is 16.2 Å². The molecule has 0 spiro atoms. The van der Waals surface area contributed by atoms with Gasteiger partial charge >= 0.3 is 0 Å². The molecule has 0 radical (unpaired) electrons. The fourth-order valence-corrected chi connectivity index (χ4v) is 4.87. The number of rotatable bonds is 4. The Morgan fingerprint density at radius 1 is 1.30 bits per heavy atom. The van der Waals surface area contributed by atoms with Crippen molar-refractivity contribution in [3.05, 3.63) is 28.8 Å². The maximum atomic E-state index is 11.5. The Morgan fingerprint density at radius 2 is 2.11 bits per heavy atom. The molecule has 1 amide bonds. The van der Waals surface area contributed by atoms with Crippen molar-refractivity contribution in [1.82, 2.24) is 15.3 Å². The number of hydrogen-bond acceptors (Lipinski definition) is 6. The van der Waals surface area contributed by atoms with Crippen LogP contribution in [0.1, 0.15) is 39.1 Å². The fraction of sp³-hybridized carbons (Fsp3) is 0.450. The second-order valence-corrected chi connectivity index (χ2v) is 9.93. The number of benzene rings is 1. The maximum absolute atomic E-state index is 11.5. The third kappa shape index (κ3) is 3.71. The van der Waals surface area contributed by atoms with Gasteiger partial charge in [0.25, 0.3) is 0 Å². The van der Waals surface area contributed by atoms with Crippen molar-refractivity contribution in [2.24, 2.45) is 5.92 Å². The standard InChI is InChI=1S/C20H23N3O2S2/c1-11(13-7-17(24)21-8-13)25-15-6-12(5-14-18(15)26-10-23-14)16-9-22-19(27-16)20(2,3)4/h5-6,9-11,13H,7-8H2,1-4H3,(H,21,24)/t11?,13-/m0/s1. The molecule has 27 heavy (non-hydrogen) atoms. The van der Waals surface area contributed by atoms with Gasteiger partial charge in [-0.1, -0.05) is 20.8 Å². The van der Waals surface area contributed by atoms with Gasteiger partial charge in [-0.05, 0) is 24.6 Å². The Balaban J connectivity index is 1.67. The van der Waals surface area contributed by atoms with E-state index in [9.17, 15) is 4.79 Å². The van der Waals surface area contributed by atoms with Gasteiger partial charge in [0.1, 0.15) is 11.9 Å². The summed E-state index contributed by atoms with van der Waals surface area (Å²) in [6.45, 7) is 9.23. The van der Waals surface area contributed by atoms with Gasteiger partial charge in [0.15, 0.2) is 0 Å². The molecule has 1 aromatic carbocycles. The third-order valence-corrected chi connectivity index (χ3v) is 7.14. The molecule has 1 saturated heterocycles. The minimum Gasteiger partial charge on any atom is -0.489 e. The first-order valence-electron chi connectivity index (χ1n) is 9.08. The number of amides is 1. The number of nitrogens with zero attached hydrogens (tertiary/aromatic N) is 2. The van der Waals surface area contributed by atoms with E-state index in [-0.39, 0.29) is 23.3 Å². The van der Waals surface area contributed by atoms with Crippen LogP contribution in [0, 0.1) is 5.92 Å². The maximum Gasteiger partial charge on any atom is 0.220 e. The summed E-state index contributed by atoms with van der Waals surface area (Å²) in [4.78, 5) is 21.7. The molecule has 0 aliphatic carbocycles. The molecule has 5 nitrogen and oxygen atoms in total. The number of fused-ring (bicyclic) bond motifs is 1. The zero-order chi connectivity index (χ0) is 19.2. The molecule has 1 N–H and O–H groups in total. The van der Waals surface area contributed by atoms with Crippen molar-refractivity contribution in [1.29, 1.82) is 0 Å². The number of ether oxygens (including phenoxy) is 1. The summed E-state index contributed by atoms with van der Waals surface area (Å²) in [5.74, 6) is 1.13. The Kier molecular flexibility index (Phi) is 4.68. The van der Waals surface area contributed by atoms with Crippen LogP contribution in [0.15, 0.2) is 23.8 Å². The topological polar surface area (TPSA) is 64.1 Å². The Morgan fingerprint density at radius 3 is 2.78 bits per heavy atom. The number of carbonyl (C=O) groups is 1. The minimum atomic E-state index is -0.0453. The average molecular weight is 402 g/mol. The van der Waals surface area contributed by atoms with Crippen LogP contribution in [0.25, 0.3) is 20.7 Å². The monoisotopic (exact) mass is 401 g/mol. The van der Waals surface area contributed by atoms with E-state index in [1.807, 2.05) is 18.6 Å². The molecule has 142 valence electrons. The zero-order valence-corrected chi connectivity index (χ0v) is 17.5. The van der Waals surface area contributed by atoms with Gasteiger partial charge < -0.3 is 10.1 Å². The highest BCUT2D eigenvalue weighted by Crippen LogP contribution is 2.39. The summed E-state index contributed by atoms with van der Waals surface area (Å²) in [7, 11) is 0. The second kappa shape index (κ2) is 6.87. The molecule has 1 aliphatic rings. The molecule has 7 heteroatoms. The van der Waals surface area contributed by atoms with E-state index in [0.29, 0.717) is 13.0 Å². The number of nitrogens with one attached hydrogen (secondary N) is 1. The van der Waals surface area contributed by atoms with Crippen LogP contribution in [0.5, 0.6) is 5.75 Å². The smallest absolute Gasteiger partial charge is 0.220 e. The van der Waals surface area contributed by atoms with Gasteiger partial charge in [-0.2, -0.15) is 0 Å². The van der Waals surface area contributed by atoms with Gasteiger partial charge in [-0.25, -0.2) is 9.97 Å². The Hall–Kier alpha value is -1.99. The molecule has 3 aromatic rings. The van der Waals surface area contributed by atoms with Gasteiger partial charge in [-0.3, -0.25) is 4.79 Å². The van der Waals surface area contributed by atoms with Crippen LogP contribution in [-0.2, 0) is 10.2 Å². The molecule has 4 rings (SSSR count). The lowest BCUT2D eigenvalue weighted by Crippen LogP contribution is -2.25. The van der Waals surface area contributed by atoms with Crippen molar-refractivity contribution >= 4 is 38.8 Å². The third-order valence-electron chi connectivity index (χ3n) is 4.82. The summed E-state index contributed by atoms with van der Waals surface area (Å²) in [5.41, 5.74) is 3.89. The predicted octanol–water partition coefficient (Wildman–Crippen LogP) is 4.62. The highest BCUT2D eigenvalue weighted by Gasteiger charge is 2.28. The number of thiazole rings is 2. The first-order chi connectivity index (χ1) is 12.8. The molecule has 0 bridgehead atoms. The van der Waals surface area contributed by atoms with Crippen LogP contribution in [0.4, 0.5) is 0 Å². The fourth-order valence-electron chi connectivity index (χ4n) is 3.18. The van der Waals surface area contributed by atoms with Gasteiger partial charge in [-0.15, -0.1) is 22.7 Å². The van der Waals surface area contributed by atoms with Crippen molar-refractivity contribution < 1.29 is 9.53 Å². The van der Waals surface area contributed by atoms with Crippen LogP contribution in [0.2, 0.25) is 0 Å². The Labute approximate surface area is 166 Å². The number of hydrogen-bond donors (Lipinski definition) is 1. The van der Waals surface area contributed by atoms with E-state index in [1.165, 1.54) is 0 Å². The van der Waals surface area contributed by atoms with Gasteiger partial charge in [0.2, 0.25) is 5.91 Å². The molecule has 1 unspecified atom stereocenters. The summed E-state index contributed by atoms with van der Waals surface area (Å²) in [5, 5.41) is 4.00. The van der Waals surface area contributed by atoms with E-state index in [4.69, 9.17) is 4.74 Å². The molecule has 1 fully saturated rings. The van der Waals surface area contributed by atoms with E-state index in [2.05, 4.69) is 48.2 Å². The molecular weight excluding hydrogens is 378 g/mol. The van der Waals surface area contributed by atoms with E-state index >= 15 is 0 Å². The van der Waals surface area contributed by atoms with Gasteiger partial charge in [0.05, 0.1) is 25.6 Å². The first kappa shape index (κ1) is 18.4. The first-order valence-corrected chi connectivity index (χ1v) is 10.8. The summed E-state index contributed by atoms with van der Waals surface area (Å²) < 4.78 is 7.36. The SMILES string of the molecule is CC(Oc1cc(-c2cnc(C(C)(C)C)s2)cc2ncsc12)[C@@H]1CNC(=O)C1. The van der Waals surface area contributed by atoms with Crippen LogP contribution in [0.3, 0.4) is 0 Å². The normalized spacial score (nSPS) is 18.7. The minimum absolute atomic E-state index is 0.0313. The van der Waals surface area contributed by atoms with Crippen molar-refractivity contribution in [2.45, 2.75) is 45.6 Å². The molecular formula is C20H23N3O2S2. The molecule has 2 atom stereocenters. The Bertz CT molecular complexity index is 987. The summed E-state index contributed by atoms with van der Waals surface area (Å²) >= 11 is 3.29. The molecule has 1 aliphatic heterocycles. The lowest BCUT2D eigenvalue weighted by molar-refractivity contribution is -0.119. The van der Waals surface area contributed by atoms with Crippen LogP contribution >= 0.6 is 22.7 Å². The molecule has 3 heterocycles. The average Bonchev–Trinajstić information content (AvgIpc) is 3.33. The largest absolute Gasteiger partial charge is 0.489 e. The second-order valence-electron chi connectivity index (χ2n) is 8.05. The van der Waals surface area contributed by atoms with E-state index < -0.39 is 0 Å². The molecule has 0 saturated carbocycles. The highest BCUT2D eigenvalue weighted by atomic mass is 32.1. The van der Waals surface area contributed by atoms with E-state index in [1.54, 1.807) is 22.7 Å². The predicted molar refractivity (Wildman–Crippen MR) is 111 cm³/mol. The lowest BCUT2D eigenvalue weighted by Gasteiger charge is -2.20. The molecule has 2 aromatic heterocycles. The summed E-state index contributed by atoms with van der Waals surface area (Å²) in [6, 6.07) is 4.19. The van der Waals surface area contributed by atoms with Crippen LogP contribution < -0.4 is 10.1 Å². The lowest BCUT2D eigenvalue weighted by atomic mass is 9.98. The quantitative estimate of drug-likeness (QED) is 0.693. The number of carbonyl (C=O) groups excluding carboxylic acids is 1.